The third-order valence-corrected chi connectivity index (χ3v) is 4.45. The standard InChI is InChI=1S/C22H28N2O5/c1-14-11-20(28-6)18(12-19(14)24(26)27)17-9-7-16(8-10-17)15(2)13-29-21(25)23-22(3,4)5/h7-12,15H,13H2,1-6H3,(H,23,25)/t15-/m0/s1. The van der Waals surface area contributed by atoms with Crippen molar-refractivity contribution in [3.05, 3.63) is 57.6 Å². The van der Waals surface area contributed by atoms with Gasteiger partial charge in [0.15, 0.2) is 0 Å². The van der Waals surface area contributed by atoms with Gasteiger partial charge in [-0.05, 0) is 44.9 Å². The van der Waals surface area contributed by atoms with E-state index in [1.807, 2.05) is 52.0 Å². The zero-order valence-corrected chi connectivity index (χ0v) is 17.7. The van der Waals surface area contributed by atoms with Gasteiger partial charge in [0.25, 0.3) is 5.69 Å². The van der Waals surface area contributed by atoms with Crippen molar-refractivity contribution in [3.63, 3.8) is 0 Å². The van der Waals surface area contributed by atoms with Gasteiger partial charge in [-0.15, -0.1) is 0 Å². The number of alkyl carbamates (subject to hydrolysis) is 1. The molecule has 0 saturated carbocycles. The molecular formula is C22H28N2O5. The lowest BCUT2D eigenvalue weighted by atomic mass is 9.96. The second-order valence-electron chi connectivity index (χ2n) is 8.09. The number of carbonyl (C=O) groups excluding carboxylic acids is 1. The van der Waals surface area contributed by atoms with Crippen molar-refractivity contribution < 1.29 is 19.2 Å². The molecule has 7 heteroatoms. The number of amides is 1. The van der Waals surface area contributed by atoms with Gasteiger partial charge in [0.2, 0.25) is 0 Å². The first-order chi connectivity index (χ1) is 13.5. The molecule has 156 valence electrons. The molecule has 1 N–H and O–H groups in total. The zero-order chi connectivity index (χ0) is 21.8. The molecule has 0 spiro atoms. The van der Waals surface area contributed by atoms with Crippen LogP contribution >= 0.6 is 0 Å². The summed E-state index contributed by atoms with van der Waals surface area (Å²) >= 11 is 0. The largest absolute Gasteiger partial charge is 0.496 e. The van der Waals surface area contributed by atoms with Gasteiger partial charge in [0.1, 0.15) is 5.75 Å². The van der Waals surface area contributed by atoms with Crippen LogP contribution in [0.5, 0.6) is 5.75 Å². The minimum absolute atomic E-state index is 0.00372. The van der Waals surface area contributed by atoms with E-state index in [1.54, 1.807) is 20.1 Å². The van der Waals surface area contributed by atoms with Crippen molar-refractivity contribution in [2.24, 2.45) is 0 Å². The average Bonchev–Trinajstić information content (AvgIpc) is 2.64. The van der Waals surface area contributed by atoms with Crippen LogP contribution in [0, 0.1) is 17.0 Å². The Balaban J connectivity index is 2.17. The van der Waals surface area contributed by atoms with E-state index in [0.717, 1.165) is 11.1 Å². The molecule has 0 bridgehead atoms. The molecule has 7 nitrogen and oxygen atoms in total. The van der Waals surface area contributed by atoms with Gasteiger partial charge >= 0.3 is 6.09 Å². The monoisotopic (exact) mass is 400 g/mol. The van der Waals surface area contributed by atoms with Crippen molar-refractivity contribution in [2.75, 3.05) is 13.7 Å². The van der Waals surface area contributed by atoms with Crippen LogP contribution in [-0.2, 0) is 4.74 Å². The van der Waals surface area contributed by atoms with Crippen molar-refractivity contribution in [2.45, 2.75) is 46.1 Å². The zero-order valence-electron chi connectivity index (χ0n) is 17.7. The van der Waals surface area contributed by atoms with Crippen LogP contribution in [0.4, 0.5) is 10.5 Å². The fourth-order valence-corrected chi connectivity index (χ4v) is 2.89. The highest BCUT2D eigenvalue weighted by Crippen LogP contribution is 2.36. The Morgan fingerprint density at radius 3 is 2.34 bits per heavy atom. The number of ether oxygens (including phenoxy) is 2. The molecule has 1 atom stereocenters. The molecule has 0 unspecified atom stereocenters. The summed E-state index contributed by atoms with van der Waals surface area (Å²) in [6.07, 6.45) is -0.447. The van der Waals surface area contributed by atoms with E-state index in [0.29, 0.717) is 16.9 Å². The number of aryl methyl sites for hydroxylation is 1. The summed E-state index contributed by atoms with van der Waals surface area (Å²) in [5.74, 6) is 0.583. The van der Waals surface area contributed by atoms with Crippen molar-refractivity contribution in [1.82, 2.24) is 5.32 Å². The van der Waals surface area contributed by atoms with E-state index in [4.69, 9.17) is 9.47 Å². The Kier molecular flexibility index (Phi) is 6.84. The smallest absolute Gasteiger partial charge is 0.407 e. The van der Waals surface area contributed by atoms with Crippen LogP contribution in [0.25, 0.3) is 11.1 Å². The van der Waals surface area contributed by atoms with Crippen molar-refractivity contribution >= 4 is 11.8 Å². The topological polar surface area (TPSA) is 90.7 Å². The van der Waals surface area contributed by atoms with E-state index in [-0.39, 0.29) is 23.8 Å². The number of methoxy groups -OCH3 is 1. The average molecular weight is 400 g/mol. The molecular weight excluding hydrogens is 372 g/mol. The molecule has 0 heterocycles. The van der Waals surface area contributed by atoms with Crippen molar-refractivity contribution in [3.8, 4) is 16.9 Å². The van der Waals surface area contributed by atoms with Gasteiger partial charge in [-0.25, -0.2) is 4.79 Å². The number of nitrogens with zero attached hydrogens (tertiary/aromatic N) is 1. The minimum atomic E-state index is -0.447. The first kappa shape index (κ1) is 22.2. The van der Waals surface area contributed by atoms with Crippen molar-refractivity contribution in [1.29, 1.82) is 0 Å². The van der Waals surface area contributed by atoms with E-state index in [2.05, 4.69) is 5.32 Å². The van der Waals surface area contributed by atoms with Gasteiger partial charge in [0.05, 0.1) is 18.6 Å². The normalized spacial score (nSPS) is 12.2. The number of benzene rings is 2. The lowest BCUT2D eigenvalue weighted by Gasteiger charge is -2.21. The van der Waals surface area contributed by atoms with Crippen LogP contribution in [0.1, 0.15) is 44.7 Å². The predicted octanol–water partition coefficient (Wildman–Crippen LogP) is 5.21. The van der Waals surface area contributed by atoms with Gasteiger partial charge < -0.3 is 14.8 Å². The van der Waals surface area contributed by atoms with Crippen LogP contribution in [0.2, 0.25) is 0 Å². The summed E-state index contributed by atoms with van der Waals surface area (Å²) in [6, 6.07) is 10.8. The van der Waals surface area contributed by atoms with Crippen LogP contribution in [0.3, 0.4) is 0 Å². The Morgan fingerprint density at radius 1 is 1.21 bits per heavy atom. The molecule has 1 amide bonds. The summed E-state index contributed by atoms with van der Waals surface area (Å²) in [4.78, 5) is 22.7. The molecule has 0 aromatic heterocycles. The lowest BCUT2D eigenvalue weighted by molar-refractivity contribution is -0.385. The number of rotatable bonds is 6. The molecule has 0 radical (unpaired) electrons. The molecule has 0 aliphatic carbocycles. The summed E-state index contributed by atoms with van der Waals surface area (Å²) < 4.78 is 10.7. The number of carbonyl (C=O) groups is 1. The number of nitrogens with one attached hydrogen (secondary N) is 1. The highest BCUT2D eigenvalue weighted by molar-refractivity contribution is 5.74. The van der Waals surface area contributed by atoms with E-state index < -0.39 is 11.0 Å². The highest BCUT2D eigenvalue weighted by Gasteiger charge is 2.18. The Bertz CT molecular complexity index is 885. The van der Waals surface area contributed by atoms with Gasteiger partial charge in [0, 0.05) is 28.7 Å². The van der Waals surface area contributed by atoms with E-state index in [9.17, 15) is 14.9 Å². The van der Waals surface area contributed by atoms with Crippen LogP contribution in [0.15, 0.2) is 36.4 Å². The third-order valence-electron chi connectivity index (χ3n) is 4.45. The Morgan fingerprint density at radius 2 is 1.83 bits per heavy atom. The number of hydrogen-bond acceptors (Lipinski definition) is 5. The Hall–Kier alpha value is -3.09. The van der Waals surface area contributed by atoms with Gasteiger partial charge in [-0.1, -0.05) is 31.2 Å². The second kappa shape index (κ2) is 8.94. The van der Waals surface area contributed by atoms with Crippen LogP contribution in [-0.4, -0.2) is 30.3 Å². The molecule has 2 rings (SSSR count). The molecule has 2 aromatic rings. The number of hydrogen-bond donors (Lipinski definition) is 1. The highest BCUT2D eigenvalue weighted by atomic mass is 16.6. The maximum atomic E-state index is 11.8. The summed E-state index contributed by atoms with van der Waals surface area (Å²) in [7, 11) is 1.54. The third kappa shape index (κ3) is 5.94. The molecule has 2 aromatic carbocycles. The Labute approximate surface area is 171 Å². The first-order valence-corrected chi connectivity index (χ1v) is 9.40. The number of nitro benzene ring substituents is 1. The summed E-state index contributed by atoms with van der Waals surface area (Å²) in [6.45, 7) is 9.57. The second-order valence-corrected chi connectivity index (χ2v) is 8.09. The maximum absolute atomic E-state index is 11.8. The molecule has 29 heavy (non-hydrogen) atoms. The molecule has 0 aliphatic rings. The number of nitro groups is 1. The molecule has 0 aliphatic heterocycles. The minimum Gasteiger partial charge on any atom is -0.496 e. The quantitative estimate of drug-likeness (QED) is 0.531. The van der Waals surface area contributed by atoms with Gasteiger partial charge in [-0.3, -0.25) is 10.1 Å². The van der Waals surface area contributed by atoms with E-state index >= 15 is 0 Å². The van der Waals surface area contributed by atoms with Gasteiger partial charge in [-0.2, -0.15) is 0 Å². The summed E-state index contributed by atoms with van der Waals surface area (Å²) in [5, 5.41) is 14.0. The predicted molar refractivity (Wildman–Crippen MR) is 112 cm³/mol. The lowest BCUT2D eigenvalue weighted by Crippen LogP contribution is -2.41. The maximum Gasteiger partial charge on any atom is 0.407 e. The SMILES string of the molecule is COc1cc(C)c([N+](=O)[O-])cc1-c1ccc([C@@H](C)COC(=O)NC(C)(C)C)cc1. The fraction of sp³-hybridized carbons (Fsp3) is 0.409. The fourth-order valence-electron chi connectivity index (χ4n) is 2.89. The molecule has 0 fully saturated rings. The van der Waals surface area contributed by atoms with E-state index in [1.165, 1.54) is 6.07 Å². The first-order valence-electron chi connectivity index (χ1n) is 9.40. The summed E-state index contributed by atoms with van der Waals surface area (Å²) in [5.41, 5.74) is 2.72. The molecule has 0 saturated heterocycles. The van der Waals surface area contributed by atoms with Crippen LogP contribution < -0.4 is 10.1 Å².